The third-order valence-corrected chi connectivity index (χ3v) is 4.97. The fourth-order valence-corrected chi connectivity index (χ4v) is 3.37. The summed E-state index contributed by atoms with van der Waals surface area (Å²) in [5, 5.41) is 3.01. The number of carbonyl (C=O) groups excluding carboxylic acids is 1. The van der Waals surface area contributed by atoms with Crippen molar-refractivity contribution in [2.75, 3.05) is 39.4 Å². The van der Waals surface area contributed by atoms with Crippen LogP contribution in [-0.2, 0) is 11.3 Å². The van der Waals surface area contributed by atoms with E-state index in [4.69, 9.17) is 9.47 Å². The number of amides is 1. The van der Waals surface area contributed by atoms with Crippen LogP contribution in [0.3, 0.4) is 0 Å². The minimum Gasteiger partial charge on any atom is -0.493 e. The summed E-state index contributed by atoms with van der Waals surface area (Å²) in [6, 6.07) is 11.8. The molecule has 0 spiro atoms. The molecule has 0 radical (unpaired) electrons. The van der Waals surface area contributed by atoms with Gasteiger partial charge in [0.15, 0.2) is 18.0 Å². The average Bonchev–Trinajstić information content (AvgIpc) is 2.63. The van der Waals surface area contributed by atoms with Crippen LogP contribution >= 0.6 is 11.8 Å². The quantitative estimate of drug-likeness (QED) is 0.696. The molecule has 0 aliphatic rings. The van der Waals surface area contributed by atoms with E-state index in [2.05, 4.69) is 5.32 Å². The highest BCUT2D eigenvalue weighted by Gasteiger charge is 2.15. The van der Waals surface area contributed by atoms with Gasteiger partial charge in [-0.25, -0.2) is 0 Å². The van der Waals surface area contributed by atoms with Crippen LogP contribution in [0.4, 0.5) is 5.69 Å². The Hall–Kier alpha value is -2.18. The summed E-state index contributed by atoms with van der Waals surface area (Å²) in [4.78, 5) is 14.6. The lowest BCUT2D eigenvalue weighted by atomic mass is 10.1. The summed E-state index contributed by atoms with van der Waals surface area (Å²) in [6.07, 6.45) is 2.00. The molecule has 0 saturated heterocycles. The Bertz CT molecular complexity index is 765. The molecular formula is C20H27N2O3S+. The number of ether oxygens (including phenoxy) is 2. The SMILES string of the molecule is COc1cc(C)c(C[NH+](C)CC(=O)Nc2ccccc2SC)cc1OC. The Balaban J connectivity index is 2.02. The van der Waals surface area contributed by atoms with Crippen LogP contribution in [0.15, 0.2) is 41.3 Å². The van der Waals surface area contributed by atoms with Crippen molar-refractivity contribution < 1.29 is 19.2 Å². The monoisotopic (exact) mass is 375 g/mol. The lowest BCUT2D eigenvalue weighted by Gasteiger charge is -2.17. The molecule has 1 atom stereocenters. The van der Waals surface area contributed by atoms with Crippen LogP contribution in [0.25, 0.3) is 0 Å². The van der Waals surface area contributed by atoms with Crippen LogP contribution in [0, 0.1) is 6.92 Å². The van der Waals surface area contributed by atoms with Crippen molar-refractivity contribution in [1.82, 2.24) is 0 Å². The maximum absolute atomic E-state index is 12.4. The van der Waals surface area contributed by atoms with Gasteiger partial charge in [0.25, 0.3) is 5.91 Å². The molecule has 0 fully saturated rings. The zero-order chi connectivity index (χ0) is 19.1. The van der Waals surface area contributed by atoms with Crippen molar-refractivity contribution in [3.05, 3.63) is 47.5 Å². The topological polar surface area (TPSA) is 52.0 Å². The maximum Gasteiger partial charge on any atom is 0.279 e. The van der Waals surface area contributed by atoms with Gasteiger partial charge in [-0.1, -0.05) is 12.1 Å². The zero-order valence-electron chi connectivity index (χ0n) is 16.0. The number of para-hydroxylation sites is 1. The van der Waals surface area contributed by atoms with Crippen molar-refractivity contribution in [1.29, 1.82) is 0 Å². The van der Waals surface area contributed by atoms with E-state index in [-0.39, 0.29) is 5.91 Å². The minimum atomic E-state index is 0.00197. The van der Waals surface area contributed by atoms with Crippen molar-refractivity contribution >= 4 is 23.4 Å². The number of likely N-dealkylation sites (N-methyl/N-ethyl adjacent to an activating group) is 1. The van der Waals surface area contributed by atoms with Gasteiger partial charge in [-0.15, -0.1) is 11.8 Å². The number of hydrogen-bond donors (Lipinski definition) is 2. The lowest BCUT2D eigenvalue weighted by Crippen LogP contribution is -3.08. The van der Waals surface area contributed by atoms with E-state index >= 15 is 0 Å². The zero-order valence-corrected chi connectivity index (χ0v) is 16.8. The Morgan fingerprint density at radius 3 is 2.46 bits per heavy atom. The van der Waals surface area contributed by atoms with Gasteiger partial charge in [0.1, 0.15) is 6.54 Å². The van der Waals surface area contributed by atoms with Gasteiger partial charge in [-0.3, -0.25) is 4.79 Å². The van der Waals surface area contributed by atoms with Crippen molar-refractivity contribution in [3.8, 4) is 11.5 Å². The van der Waals surface area contributed by atoms with Crippen LogP contribution in [-0.4, -0.2) is 40.0 Å². The number of rotatable bonds is 8. The lowest BCUT2D eigenvalue weighted by molar-refractivity contribution is -0.885. The van der Waals surface area contributed by atoms with Crippen LogP contribution < -0.4 is 19.7 Å². The van der Waals surface area contributed by atoms with E-state index < -0.39 is 0 Å². The van der Waals surface area contributed by atoms with E-state index in [1.54, 1.807) is 26.0 Å². The summed E-state index contributed by atoms with van der Waals surface area (Å²) in [5.41, 5.74) is 3.12. The van der Waals surface area contributed by atoms with E-state index in [9.17, 15) is 4.79 Å². The van der Waals surface area contributed by atoms with Crippen molar-refractivity contribution in [3.63, 3.8) is 0 Å². The van der Waals surface area contributed by atoms with E-state index in [0.717, 1.165) is 38.9 Å². The van der Waals surface area contributed by atoms with Gasteiger partial charge in [0, 0.05) is 10.5 Å². The van der Waals surface area contributed by atoms with Gasteiger partial charge >= 0.3 is 0 Å². The average molecular weight is 376 g/mol. The summed E-state index contributed by atoms with van der Waals surface area (Å²) >= 11 is 1.62. The Morgan fingerprint density at radius 1 is 1.15 bits per heavy atom. The molecule has 0 heterocycles. The number of hydrogen-bond acceptors (Lipinski definition) is 4. The molecule has 5 nitrogen and oxygen atoms in total. The first-order valence-electron chi connectivity index (χ1n) is 8.44. The molecule has 1 amide bonds. The van der Waals surface area contributed by atoms with E-state index in [1.807, 2.05) is 56.6 Å². The molecule has 0 aliphatic carbocycles. The van der Waals surface area contributed by atoms with Gasteiger partial charge in [-0.2, -0.15) is 0 Å². The molecule has 1 unspecified atom stereocenters. The van der Waals surface area contributed by atoms with Crippen molar-refractivity contribution in [2.24, 2.45) is 0 Å². The third kappa shape index (κ3) is 5.16. The highest BCUT2D eigenvalue weighted by Crippen LogP contribution is 2.30. The molecule has 2 N–H and O–H groups in total. The summed E-state index contributed by atoms with van der Waals surface area (Å²) in [7, 11) is 5.27. The van der Waals surface area contributed by atoms with E-state index in [0.29, 0.717) is 12.3 Å². The molecule has 2 rings (SSSR count). The number of quaternary nitrogens is 1. The molecule has 26 heavy (non-hydrogen) atoms. The first-order valence-corrected chi connectivity index (χ1v) is 9.66. The maximum atomic E-state index is 12.4. The standard InChI is InChI=1S/C20H26N2O3S/c1-14-10-17(24-3)18(25-4)11-15(14)12-22(2)13-20(23)21-16-8-6-7-9-19(16)26-5/h6-11H,12-13H2,1-5H3,(H,21,23)/p+1. The van der Waals surface area contributed by atoms with Gasteiger partial charge in [0.2, 0.25) is 0 Å². The second kappa shape index (κ2) is 9.50. The smallest absolute Gasteiger partial charge is 0.279 e. The second-order valence-corrected chi connectivity index (χ2v) is 7.04. The third-order valence-electron chi connectivity index (χ3n) is 4.18. The van der Waals surface area contributed by atoms with Gasteiger partial charge in [0.05, 0.1) is 27.0 Å². The fourth-order valence-electron chi connectivity index (χ4n) is 2.82. The number of carbonyl (C=O) groups is 1. The number of thioether (sulfide) groups is 1. The molecule has 6 heteroatoms. The molecule has 2 aromatic rings. The molecule has 0 aliphatic heterocycles. The Kier molecular flexibility index (Phi) is 7.36. The summed E-state index contributed by atoms with van der Waals surface area (Å²) in [5.74, 6) is 1.43. The molecule has 0 saturated carbocycles. The number of nitrogens with one attached hydrogen (secondary N) is 2. The Morgan fingerprint density at radius 2 is 1.81 bits per heavy atom. The van der Waals surface area contributed by atoms with E-state index in [1.165, 1.54) is 0 Å². The highest BCUT2D eigenvalue weighted by molar-refractivity contribution is 7.98. The normalized spacial score (nSPS) is 11.7. The van der Waals surface area contributed by atoms with Crippen molar-refractivity contribution in [2.45, 2.75) is 18.4 Å². The predicted molar refractivity (Wildman–Crippen MR) is 107 cm³/mol. The minimum absolute atomic E-state index is 0.00197. The largest absolute Gasteiger partial charge is 0.493 e. The second-order valence-electron chi connectivity index (χ2n) is 6.19. The van der Waals surface area contributed by atoms with Gasteiger partial charge in [-0.05, 0) is 43.0 Å². The number of anilines is 1. The fraction of sp³-hybridized carbons (Fsp3) is 0.350. The first kappa shape index (κ1) is 20.1. The number of methoxy groups -OCH3 is 2. The molecule has 140 valence electrons. The summed E-state index contributed by atoms with van der Waals surface area (Å²) < 4.78 is 10.7. The molecular weight excluding hydrogens is 348 g/mol. The van der Waals surface area contributed by atoms with Gasteiger partial charge < -0.3 is 19.7 Å². The number of aryl methyl sites for hydroxylation is 1. The van der Waals surface area contributed by atoms with Crippen LogP contribution in [0.5, 0.6) is 11.5 Å². The summed E-state index contributed by atoms with van der Waals surface area (Å²) in [6.45, 7) is 3.15. The number of benzene rings is 2. The predicted octanol–water partition coefficient (Wildman–Crippen LogP) is 2.39. The first-order chi connectivity index (χ1) is 12.5. The highest BCUT2D eigenvalue weighted by atomic mass is 32.2. The molecule has 0 aromatic heterocycles. The van der Waals surface area contributed by atoms with Crippen LogP contribution in [0.1, 0.15) is 11.1 Å². The Labute approximate surface area is 159 Å². The molecule has 2 aromatic carbocycles. The van der Waals surface area contributed by atoms with Crippen LogP contribution in [0.2, 0.25) is 0 Å². The molecule has 0 bridgehead atoms.